The molecule has 58 heavy (non-hydrogen) atoms. The van der Waals surface area contributed by atoms with Crippen LogP contribution in [0.4, 0.5) is 0 Å². The molecule has 0 radical (unpaired) electrons. The van der Waals surface area contributed by atoms with Gasteiger partial charge in [-0.25, -0.2) is 4.98 Å². The summed E-state index contributed by atoms with van der Waals surface area (Å²) in [6.45, 7) is 0. The molecular weight excluding hydrogens is 715 g/mol. The molecule has 7 heteroatoms. The summed E-state index contributed by atoms with van der Waals surface area (Å²) in [6, 6.07) is 60.8. The van der Waals surface area contributed by atoms with Crippen LogP contribution < -0.4 is 0 Å². The molecule has 13 rings (SSSR count). The van der Waals surface area contributed by atoms with Gasteiger partial charge in [0.05, 0.1) is 44.3 Å². The topological polar surface area (TPSA) is 74.8 Å². The second-order valence-corrected chi connectivity index (χ2v) is 14.7. The van der Waals surface area contributed by atoms with Gasteiger partial charge in [-0.1, -0.05) is 121 Å². The Hall–Kier alpha value is -8.03. The number of fused-ring (bicyclic) bond motifs is 12. The van der Waals surface area contributed by atoms with E-state index < -0.39 is 0 Å². The zero-order chi connectivity index (χ0) is 37.9. The first-order valence-corrected chi connectivity index (χ1v) is 19.4. The number of rotatable bonds is 4. The van der Waals surface area contributed by atoms with Crippen LogP contribution in [0, 0.1) is 0 Å². The van der Waals surface area contributed by atoms with Crippen molar-refractivity contribution in [3.05, 3.63) is 176 Å². The molecule has 0 spiro atoms. The Balaban J connectivity index is 1.11. The highest BCUT2D eigenvalue weighted by Crippen LogP contribution is 2.42. The Labute approximate surface area is 329 Å². The molecule has 13 aromatic rings. The molecule has 0 unspecified atom stereocenters. The van der Waals surface area contributed by atoms with Crippen LogP contribution in [0.5, 0.6) is 0 Å². The molecule has 0 aliphatic heterocycles. The molecule has 7 nitrogen and oxygen atoms in total. The van der Waals surface area contributed by atoms with Gasteiger partial charge in [0.2, 0.25) is 5.95 Å². The van der Waals surface area contributed by atoms with Gasteiger partial charge in [-0.15, -0.1) is 0 Å². The minimum Gasteiger partial charge on any atom is -0.455 e. The summed E-state index contributed by atoms with van der Waals surface area (Å²) in [5, 5.41) is 8.71. The smallest absolute Gasteiger partial charge is 0.238 e. The summed E-state index contributed by atoms with van der Waals surface area (Å²) in [4.78, 5) is 15.9. The quantitative estimate of drug-likeness (QED) is 0.179. The summed E-state index contributed by atoms with van der Waals surface area (Å²) in [5.74, 6) is 1.51. The molecule has 0 N–H and O–H groups in total. The van der Waals surface area contributed by atoms with Gasteiger partial charge in [0.15, 0.2) is 11.6 Å². The second kappa shape index (κ2) is 11.7. The number of hydrogen-bond donors (Lipinski definition) is 0. The fourth-order valence-electron chi connectivity index (χ4n) is 9.14. The van der Waals surface area contributed by atoms with Crippen LogP contribution in [0.1, 0.15) is 0 Å². The van der Waals surface area contributed by atoms with Crippen molar-refractivity contribution in [2.45, 2.75) is 0 Å². The monoisotopic (exact) mass is 743 g/mol. The number of benzene rings is 8. The molecule has 0 atom stereocenters. The van der Waals surface area contributed by atoms with Gasteiger partial charge in [-0.05, 0) is 54.6 Å². The lowest BCUT2D eigenvalue weighted by molar-refractivity contribution is 0.669. The fourth-order valence-corrected chi connectivity index (χ4v) is 9.14. The third kappa shape index (κ3) is 4.30. The number of nitrogens with zero attached hydrogens (tertiary/aromatic N) is 5. The summed E-state index contributed by atoms with van der Waals surface area (Å²) >= 11 is 0. The minimum atomic E-state index is 0.498. The maximum Gasteiger partial charge on any atom is 0.238 e. The van der Waals surface area contributed by atoms with Gasteiger partial charge >= 0.3 is 0 Å². The molecule has 0 aliphatic rings. The van der Waals surface area contributed by atoms with Crippen LogP contribution in [0.25, 0.3) is 122 Å². The molecule has 0 fully saturated rings. The summed E-state index contributed by atoms with van der Waals surface area (Å²) < 4.78 is 17.9. The second-order valence-electron chi connectivity index (χ2n) is 14.7. The van der Waals surface area contributed by atoms with Gasteiger partial charge in [-0.2, -0.15) is 9.97 Å². The highest BCUT2D eigenvalue weighted by Gasteiger charge is 2.24. The van der Waals surface area contributed by atoms with E-state index in [-0.39, 0.29) is 0 Å². The van der Waals surface area contributed by atoms with Crippen LogP contribution in [0.2, 0.25) is 0 Å². The Morgan fingerprint density at radius 2 is 0.759 bits per heavy atom. The number of furan rings is 2. The van der Waals surface area contributed by atoms with Crippen molar-refractivity contribution >= 4 is 87.5 Å². The van der Waals surface area contributed by atoms with E-state index >= 15 is 0 Å². The third-order valence-corrected chi connectivity index (χ3v) is 11.6. The molecule has 270 valence electrons. The van der Waals surface area contributed by atoms with Crippen LogP contribution in [-0.2, 0) is 0 Å². The maximum absolute atomic E-state index is 6.89. The largest absolute Gasteiger partial charge is 0.455 e. The fraction of sp³-hybridized carbons (Fsp3) is 0. The van der Waals surface area contributed by atoms with Crippen LogP contribution in [-0.4, -0.2) is 24.1 Å². The summed E-state index contributed by atoms with van der Waals surface area (Å²) in [6.07, 6.45) is 0. The molecule has 0 saturated heterocycles. The van der Waals surface area contributed by atoms with Crippen molar-refractivity contribution in [1.82, 2.24) is 24.1 Å². The van der Waals surface area contributed by atoms with E-state index in [1.807, 2.05) is 42.5 Å². The van der Waals surface area contributed by atoms with Gasteiger partial charge in [0, 0.05) is 37.7 Å². The first-order valence-electron chi connectivity index (χ1n) is 19.4. The Morgan fingerprint density at radius 1 is 0.328 bits per heavy atom. The number of hydrogen-bond acceptors (Lipinski definition) is 5. The zero-order valence-electron chi connectivity index (χ0n) is 30.8. The van der Waals surface area contributed by atoms with E-state index in [2.05, 4.69) is 143 Å². The maximum atomic E-state index is 6.89. The van der Waals surface area contributed by atoms with Gasteiger partial charge in [0.1, 0.15) is 22.3 Å². The van der Waals surface area contributed by atoms with Gasteiger partial charge in [0.25, 0.3) is 0 Å². The molecule has 8 aromatic carbocycles. The van der Waals surface area contributed by atoms with Crippen LogP contribution in [0.3, 0.4) is 0 Å². The highest BCUT2D eigenvalue weighted by molar-refractivity contribution is 6.16. The molecule has 0 bridgehead atoms. The van der Waals surface area contributed by atoms with Gasteiger partial charge in [-0.3, -0.25) is 4.57 Å². The van der Waals surface area contributed by atoms with Gasteiger partial charge < -0.3 is 13.4 Å². The standard InChI is InChI=1S/C51H29N5O2/c1-6-23-39-30(14-1)31-15-2-7-24-40(31)55(39)43-27-13-29-45-46(43)36-20-12-22-38(48(36)58-45)50-52-49(37-21-11-19-35-34-18-5-10-28-44(34)57-47(35)37)53-51(54-50)56-41-25-8-3-16-32(41)33-17-4-9-26-42(33)56/h1-29H. The van der Waals surface area contributed by atoms with Crippen molar-refractivity contribution in [3.8, 4) is 34.4 Å². The molecule has 5 heterocycles. The van der Waals surface area contributed by atoms with E-state index in [0.717, 1.165) is 87.9 Å². The molecular formula is C51H29N5O2. The van der Waals surface area contributed by atoms with E-state index in [1.54, 1.807) is 0 Å². The van der Waals surface area contributed by atoms with Crippen molar-refractivity contribution in [1.29, 1.82) is 0 Å². The van der Waals surface area contributed by atoms with Crippen LogP contribution >= 0.6 is 0 Å². The Bertz CT molecular complexity index is 3720. The predicted molar refractivity (Wildman–Crippen MR) is 234 cm³/mol. The molecule has 0 saturated carbocycles. The summed E-state index contributed by atoms with van der Waals surface area (Å²) in [5.41, 5.74) is 9.92. The molecule has 0 aliphatic carbocycles. The average molecular weight is 744 g/mol. The summed E-state index contributed by atoms with van der Waals surface area (Å²) in [7, 11) is 0. The first-order chi connectivity index (χ1) is 28.8. The zero-order valence-corrected chi connectivity index (χ0v) is 30.8. The molecule has 0 amide bonds. The van der Waals surface area contributed by atoms with Crippen molar-refractivity contribution < 1.29 is 8.83 Å². The van der Waals surface area contributed by atoms with Crippen molar-refractivity contribution in [2.75, 3.05) is 0 Å². The number of aromatic nitrogens is 5. The first kappa shape index (κ1) is 31.2. The SMILES string of the molecule is c1ccc2c(c1)oc1c(-c3nc(-c4cccc5c4oc4cccc(-n6c7ccccc7c7ccccc76)c45)nc(-n4c5ccccc5c5ccccc54)n3)cccc12. The van der Waals surface area contributed by atoms with E-state index in [1.165, 1.54) is 10.8 Å². The average Bonchev–Trinajstić information content (AvgIpc) is 4.04. The highest BCUT2D eigenvalue weighted by atomic mass is 16.3. The third-order valence-electron chi connectivity index (χ3n) is 11.6. The van der Waals surface area contributed by atoms with E-state index in [4.69, 9.17) is 23.8 Å². The van der Waals surface area contributed by atoms with Crippen LogP contribution in [0.15, 0.2) is 185 Å². The Kier molecular flexibility index (Phi) is 6.32. The van der Waals surface area contributed by atoms with E-state index in [0.29, 0.717) is 23.2 Å². The lowest BCUT2D eigenvalue weighted by atomic mass is 10.1. The Morgan fingerprint density at radius 3 is 1.36 bits per heavy atom. The number of para-hydroxylation sites is 7. The minimum absolute atomic E-state index is 0.498. The predicted octanol–water partition coefficient (Wildman–Crippen LogP) is 13.2. The normalized spacial score (nSPS) is 12.1. The lowest BCUT2D eigenvalue weighted by Crippen LogP contribution is -2.06. The van der Waals surface area contributed by atoms with Crippen molar-refractivity contribution in [2.24, 2.45) is 0 Å². The lowest BCUT2D eigenvalue weighted by Gasteiger charge is -2.11. The van der Waals surface area contributed by atoms with Crippen molar-refractivity contribution in [3.63, 3.8) is 0 Å². The van der Waals surface area contributed by atoms with E-state index in [9.17, 15) is 0 Å². The molecule has 5 aromatic heterocycles.